The van der Waals surface area contributed by atoms with E-state index >= 15 is 0 Å². The lowest BCUT2D eigenvalue weighted by Crippen LogP contribution is -2.46. The maximum atomic E-state index is 12.3. The standard InChI is InChI=1S/C16H27ClN2O3/c1-16(2,3)22-15(21)18-7-5-4-6-13(11-18)19-10-12(9-17)8-14(19)20/h12-13H,4-11H2,1-3H3. The average Bonchev–Trinajstić information content (AvgIpc) is 2.64. The minimum atomic E-state index is -0.494. The molecule has 0 aromatic rings. The van der Waals surface area contributed by atoms with Gasteiger partial charge in [-0.1, -0.05) is 0 Å². The molecule has 22 heavy (non-hydrogen) atoms. The number of hydrogen-bond acceptors (Lipinski definition) is 3. The first-order valence-electron chi connectivity index (χ1n) is 8.13. The Hall–Kier alpha value is -0.970. The van der Waals surface area contributed by atoms with Gasteiger partial charge in [0.2, 0.25) is 5.91 Å². The summed E-state index contributed by atoms with van der Waals surface area (Å²) in [4.78, 5) is 28.2. The number of hydrogen-bond donors (Lipinski definition) is 0. The minimum absolute atomic E-state index is 0.0933. The van der Waals surface area contributed by atoms with Crippen LogP contribution in [0.1, 0.15) is 46.5 Å². The molecule has 2 heterocycles. The molecule has 0 saturated carbocycles. The van der Waals surface area contributed by atoms with Crippen molar-refractivity contribution in [2.75, 3.05) is 25.5 Å². The highest BCUT2D eigenvalue weighted by molar-refractivity contribution is 6.18. The van der Waals surface area contributed by atoms with Gasteiger partial charge in [0, 0.05) is 38.0 Å². The summed E-state index contributed by atoms with van der Waals surface area (Å²) < 4.78 is 5.48. The Balaban J connectivity index is 2.01. The largest absolute Gasteiger partial charge is 0.444 e. The Morgan fingerprint density at radius 3 is 2.64 bits per heavy atom. The first kappa shape index (κ1) is 17.4. The zero-order valence-corrected chi connectivity index (χ0v) is 14.6. The van der Waals surface area contributed by atoms with Crippen molar-refractivity contribution in [3.05, 3.63) is 0 Å². The molecule has 5 nitrogen and oxygen atoms in total. The van der Waals surface area contributed by atoms with Crippen LogP contribution in [0.15, 0.2) is 0 Å². The van der Waals surface area contributed by atoms with E-state index in [0.29, 0.717) is 25.4 Å². The summed E-state index contributed by atoms with van der Waals surface area (Å²) in [6.45, 7) is 7.59. The Morgan fingerprint density at radius 2 is 2.05 bits per heavy atom. The molecule has 0 aromatic heterocycles. The van der Waals surface area contributed by atoms with Crippen LogP contribution in [0, 0.1) is 5.92 Å². The molecule has 2 fully saturated rings. The molecule has 0 spiro atoms. The van der Waals surface area contributed by atoms with Crippen molar-refractivity contribution >= 4 is 23.6 Å². The summed E-state index contributed by atoms with van der Waals surface area (Å²) in [5, 5.41) is 0. The molecule has 2 unspecified atom stereocenters. The molecule has 0 aromatic carbocycles. The number of nitrogens with zero attached hydrogens (tertiary/aromatic N) is 2. The van der Waals surface area contributed by atoms with E-state index in [4.69, 9.17) is 16.3 Å². The summed E-state index contributed by atoms with van der Waals surface area (Å²) in [6, 6.07) is 0.0933. The van der Waals surface area contributed by atoms with E-state index in [1.807, 2.05) is 25.7 Å². The van der Waals surface area contributed by atoms with Gasteiger partial charge in [0.05, 0.1) is 0 Å². The maximum Gasteiger partial charge on any atom is 0.410 e. The van der Waals surface area contributed by atoms with Crippen LogP contribution in [0.25, 0.3) is 0 Å². The highest BCUT2D eigenvalue weighted by Crippen LogP contribution is 2.26. The molecule has 126 valence electrons. The van der Waals surface area contributed by atoms with Crippen molar-refractivity contribution in [3.63, 3.8) is 0 Å². The lowest BCUT2D eigenvalue weighted by atomic mass is 10.1. The fraction of sp³-hybridized carbons (Fsp3) is 0.875. The average molecular weight is 331 g/mol. The molecule has 6 heteroatoms. The number of halogens is 1. The fourth-order valence-corrected chi connectivity index (χ4v) is 3.34. The number of likely N-dealkylation sites (tertiary alicyclic amines) is 2. The number of amides is 2. The van der Waals surface area contributed by atoms with Crippen LogP contribution in [-0.4, -0.2) is 59.0 Å². The van der Waals surface area contributed by atoms with Gasteiger partial charge in [-0.25, -0.2) is 4.79 Å². The van der Waals surface area contributed by atoms with E-state index in [2.05, 4.69) is 0 Å². The van der Waals surface area contributed by atoms with E-state index < -0.39 is 5.60 Å². The highest BCUT2D eigenvalue weighted by atomic mass is 35.5. The lowest BCUT2D eigenvalue weighted by molar-refractivity contribution is -0.130. The molecule has 0 bridgehead atoms. The van der Waals surface area contributed by atoms with Crippen LogP contribution in [0.3, 0.4) is 0 Å². The second-order valence-corrected chi connectivity index (χ2v) is 7.66. The predicted octanol–water partition coefficient (Wildman–Crippen LogP) is 2.86. The highest BCUT2D eigenvalue weighted by Gasteiger charge is 2.36. The molecule has 2 aliphatic heterocycles. The summed E-state index contributed by atoms with van der Waals surface area (Å²) in [6.07, 6.45) is 3.18. The van der Waals surface area contributed by atoms with Gasteiger partial charge in [0.25, 0.3) is 0 Å². The van der Waals surface area contributed by atoms with Crippen molar-refractivity contribution in [3.8, 4) is 0 Å². The molecule has 0 N–H and O–H groups in total. The Bertz CT molecular complexity index is 422. The Kier molecular flexibility index (Phi) is 5.59. The second kappa shape index (κ2) is 7.07. The van der Waals surface area contributed by atoms with Gasteiger partial charge in [0.15, 0.2) is 0 Å². The fourth-order valence-electron chi connectivity index (χ4n) is 3.13. The summed E-state index contributed by atoms with van der Waals surface area (Å²) in [5.74, 6) is 0.930. The number of alkyl halides is 1. The van der Waals surface area contributed by atoms with Gasteiger partial charge in [-0.3, -0.25) is 4.79 Å². The number of carbonyl (C=O) groups is 2. The smallest absolute Gasteiger partial charge is 0.410 e. The van der Waals surface area contributed by atoms with Crippen LogP contribution in [0.5, 0.6) is 0 Å². The Morgan fingerprint density at radius 1 is 1.32 bits per heavy atom. The molecule has 0 aliphatic carbocycles. The van der Waals surface area contributed by atoms with Gasteiger partial charge < -0.3 is 14.5 Å². The SMILES string of the molecule is CC(C)(C)OC(=O)N1CCCCC(N2CC(CCl)CC2=O)C1. The summed E-state index contributed by atoms with van der Waals surface area (Å²) >= 11 is 5.90. The van der Waals surface area contributed by atoms with Crippen molar-refractivity contribution in [2.45, 2.75) is 58.1 Å². The third-order valence-electron chi connectivity index (χ3n) is 4.20. The predicted molar refractivity (Wildman–Crippen MR) is 86.0 cm³/mol. The van der Waals surface area contributed by atoms with Crippen LogP contribution in [-0.2, 0) is 9.53 Å². The third-order valence-corrected chi connectivity index (χ3v) is 4.63. The van der Waals surface area contributed by atoms with E-state index in [1.54, 1.807) is 4.90 Å². The van der Waals surface area contributed by atoms with E-state index in [0.717, 1.165) is 25.8 Å². The topological polar surface area (TPSA) is 49.9 Å². The third kappa shape index (κ3) is 4.51. The number of ether oxygens (including phenoxy) is 1. The molecule has 0 radical (unpaired) electrons. The molecular formula is C16H27ClN2O3. The molecule has 2 atom stereocenters. The molecule has 2 aliphatic rings. The van der Waals surface area contributed by atoms with E-state index in [9.17, 15) is 9.59 Å². The van der Waals surface area contributed by atoms with Gasteiger partial charge >= 0.3 is 6.09 Å². The van der Waals surface area contributed by atoms with Crippen LogP contribution >= 0.6 is 11.6 Å². The first-order valence-corrected chi connectivity index (χ1v) is 8.67. The quantitative estimate of drug-likeness (QED) is 0.731. The van der Waals surface area contributed by atoms with Gasteiger partial charge in [-0.05, 0) is 46.0 Å². The normalized spacial score (nSPS) is 27.0. The van der Waals surface area contributed by atoms with Crippen LogP contribution in [0.2, 0.25) is 0 Å². The van der Waals surface area contributed by atoms with Gasteiger partial charge in [-0.2, -0.15) is 0 Å². The van der Waals surface area contributed by atoms with Crippen molar-refractivity contribution in [1.82, 2.24) is 9.80 Å². The van der Waals surface area contributed by atoms with Gasteiger partial charge in [0.1, 0.15) is 5.60 Å². The zero-order chi connectivity index (χ0) is 16.3. The zero-order valence-electron chi connectivity index (χ0n) is 13.8. The monoisotopic (exact) mass is 330 g/mol. The summed E-state index contributed by atoms with van der Waals surface area (Å²) in [5.41, 5.74) is -0.494. The van der Waals surface area contributed by atoms with E-state index in [-0.39, 0.29) is 24.0 Å². The molecule has 2 rings (SSSR count). The van der Waals surface area contributed by atoms with Crippen LogP contribution < -0.4 is 0 Å². The molecule has 2 saturated heterocycles. The maximum absolute atomic E-state index is 12.3. The first-order chi connectivity index (χ1) is 10.3. The Labute approximate surface area is 137 Å². The second-order valence-electron chi connectivity index (χ2n) is 7.35. The summed E-state index contributed by atoms with van der Waals surface area (Å²) in [7, 11) is 0. The van der Waals surface area contributed by atoms with E-state index in [1.165, 1.54) is 0 Å². The van der Waals surface area contributed by atoms with Crippen molar-refractivity contribution < 1.29 is 14.3 Å². The number of rotatable bonds is 2. The molecule has 2 amide bonds. The number of carbonyl (C=O) groups excluding carboxylic acids is 2. The van der Waals surface area contributed by atoms with Crippen molar-refractivity contribution in [2.24, 2.45) is 5.92 Å². The van der Waals surface area contributed by atoms with Crippen molar-refractivity contribution in [1.29, 1.82) is 0 Å². The minimum Gasteiger partial charge on any atom is -0.444 e. The van der Waals surface area contributed by atoms with Gasteiger partial charge in [-0.15, -0.1) is 11.6 Å². The van der Waals surface area contributed by atoms with Crippen LogP contribution in [0.4, 0.5) is 4.79 Å². The lowest BCUT2D eigenvalue weighted by Gasteiger charge is -2.32. The molecular weight excluding hydrogens is 304 g/mol.